The maximum absolute atomic E-state index is 13.5. The van der Waals surface area contributed by atoms with E-state index in [4.69, 9.17) is 21.1 Å². The normalized spacial score (nSPS) is 30.9. The predicted octanol–water partition coefficient (Wildman–Crippen LogP) is 4.42. The molecule has 4 rings (SSSR count). The molecule has 2 aliphatic carbocycles. The lowest BCUT2D eigenvalue weighted by molar-refractivity contribution is -0.355. The number of ether oxygens (including phenoxy) is 3. The smallest absolute Gasteiger partial charge is 0.484 e. The first kappa shape index (κ1) is 24.8. The monoisotopic (exact) mass is 508 g/mol. The average Bonchev–Trinajstić information content (AvgIpc) is 3.08. The fourth-order valence-electron chi connectivity index (χ4n) is 4.96. The van der Waals surface area contributed by atoms with Crippen molar-refractivity contribution in [2.75, 3.05) is 13.2 Å². The fraction of sp³-hybridized carbons (Fsp3) is 0.636. The Balaban J connectivity index is 1.23. The van der Waals surface area contributed by atoms with E-state index in [0.717, 1.165) is 6.07 Å². The Kier molecular flexibility index (Phi) is 6.87. The molecule has 1 aromatic carbocycles. The Bertz CT molecular complexity index is 934. The third-order valence-corrected chi connectivity index (χ3v) is 7.21. The van der Waals surface area contributed by atoms with Crippen molar-refractivity contribution in [1.82, 2.24) is 10.2 Å². The van der Waals surface area contributed by atoms with Gasteiger partial charge >= 0.3 is 12.5 Å². The number of alkyl halides is 3. The zero-order valence-electron chi connectivity index (χ0n) is 18.4. The molecule has 3 aliphatic rings. The van der Waals surface area contributed by atoms with Crippen molar-refractivity contribution in [2.45, 2.75) is 69.2 Å². The van der Waals surface area contributed by atoms with E-state index in [-0.39, 0.29) is 48.1 Å². The summed E-state index contributed by atoms with van der Waals surface area (Å²) in [6, 6.07) is 3.72. The highest BCUT2D eigenvalue weighted by atomic mass is 35.5. The molecule has 1 aromatic rings. The lowest BCUT2D eigenvalue weighted by atomic mass is 9.69. The summed E-state index contributed by atoms with van der Waals surface area (Å²) >= 11 is 5.62. The number of hydrogen-bond acceptors (Lipinski definition) is 5. The van der Waals surface area contributed by atoms with Crippen molar-refractivity contribution in [3.8, 4) is 5.75 Å². The Morgan fingerprint density at radius 2 is 2.03 bits per heavy atom. The molecule has 7 nitrogen and oxygen atoms in total. The Morgan fingerprint density at radius 3 is 2.65 bits per heavy atom. The molecule has 0 unspecified atom stereocenters. The third-order valence-electron chi connectivity index (χ3n) is 6.90. The first-order valence-electron chi connectivity index (χ1n) is 11.1. The molecule has 1 saturated heterocycles. The number of rotatable bonds is 8. The van der Waals surface area contributed by atoms with Gasteiger partial charge in [0.15, 0.2) is 6.61 Å². The number of hydrogen-bond donors (Lipinski definition) is 1. The van der Waals surface area contributed by atoms with E-state index in [9.17, 15) is 27.2 Å². The van der Waals surface area contributed by atoms with Gasteiger partial charge in [-0.1, -0.05) is 18.5 Å². The number of cyclic esters (lactones) is 1. The third kappa shape index (κ3) is 5.35. The van der Waals surface area contributed by atoms with Gasteiger partial charge in [0.2, 0.25) is 0 Å². The molecular formula is C22H25ClF4N2O5. The van der Waals surface area contributed by atoms with E-state index in [1.807, 2.05) is 6.92 Å². The number of carbonyl (C=O) groups excluding carboxylic acids is 2. The second-order valence-corrected chi connectivity index (χ2v) is 9.47. The van der Waals surface area contributed by atoms with Crippen molar-refractivity contribution in [3.63, 3.8) is 0 Å². The van der Waals surface area contributed by atoms with Gasteiger partial charge in [-0.3, -0.25) is 14.4 Å². The van der Waals surface area contributed by atoms with Crippen LogP contribution in [-0.2, 0) is 14.3 Å². The molecule has 0 aromatic heterocycles. The van der Waals surface area contributed by atoms with Gasteiger partial charge in [0.05, 0.1) is 23.2 Å². The molecule has 0 spiro atoms. The van der Waals surface area contributed by atoms with Crippen molar-refractivity contribution < 1.29 is 41.4 Å². The zero-order chi connectivity index (χ0) is 24.7. The van der Waals surface area contributed by atoms with Gasteiger partial charge in [0, 0.05) is 18.0 Å². The van der Waals surface area contributed by atoms with E-state index in [2.05, 4.69) is 10.1 Å². The van der Waals surface area contributed by atoms with Crippen LogP contribution in [0.1, 0.15) is 39.0 Å². The van der Waals surface area contributed by atoms with Crippen LogP contribution in [0.4, 0.5) is 22.4 Å². The van der Waals surface area contributed by atoms with Gasteiger partial charge in [-0.2, -0.15) is 0 Å². The summed E-state index contributed by atoms with van der Waals surface area (Å²) in [6.45, 7) is 1.95. The van der Waals surface area contributed by atoms with E-state index < -0.39 is 36.0 Å². The average molecular weight is 509 g/mol. The largest absolute Gasteiger partial charge is 0.522 e. The standard InChI is InChI=1S/C22H25ClF4N2O5/c1-2-21(29-10-18(33-20(29)31)12-5-15(6-12)34-22(25,26)27)8-13(9-21)28-19(30)11-32-14-3-4-16(23)17(24)7-14/h3-4,7,12-13,15,18H,2,5-6,8-11H2,1H3,(H,28,30)/t12?,13?,15?,18-,21?/m1/s1. The van der Waals surface area contributed by atoms with Crippen molar-refractivity contribution in [3.05, 3.63) is 29.0 Å². The summed E-state index contributed by atoms with van der Waals surface area (Å²) in [7, 11) is 0. The second kappa shape index (κ2) is 9.41. The van der Waals surface area contributed by atoms with Gasteiger partial charge < -0.3 is 14.8 Å². The number of amides is 2. The van der Waals surface area contributed by atoms with Crippen LogP contribution < -0.4 is 10.1 Å². The van der Waals surface area contributed by atoms with E-state index in [1.54, 1.807) is 4.90 Å². The molecule has 0 radical (unpaired) electrons. The zero-order valence-corrected chi connectivity index (χ0v) is 19.1. The van der Waals surface area contributed by atoms with Crippen molar-refractivity contribution in [2.24, 2.45) is 5.92 Å². The number of halogens is 5. The first-order chi connectivity index (χ1) is 16.0. The molecule has 2 saturated carbocycles. The topological polar surface area (TPSA) is 77.1 Å². The van der Waals surface area contributed by atoms with Gasteiger partial charge in [-0.05, 0) is 44.2 Å². The van der Waals surface area contributed by atoms with Gasteiger partial charge in [-0.15, -0.1) is 13.2 Å². The second-order valence-electron chi connectivity index (χ2n) is 9.07. The highest BCUT2D eigenvalue weighted by Gasteiger charge is 2.55. The molecule has 1 heterocycles. The van der Waals surface area contributed by atoms with Crippen LogP contribution in [0, 0.1) is 11.7 Å². The predicted molar refractivity (Wildman–Crippen MR) is 112 cm³/mol. The lowest BCUT2D eigenvalue weighted by Gasteiger charge is -2.52. The molecule has 12 heteroatoms. The lowest BCUT2D eigenvalue weighted by Crippen LogP contribution is -2.64. The summed E-state index contributed by atoms with van der Waals surface area (Å²) < 4.78 is 65.2. The molecule has 1 N–H and O–H groups in total. The molecule has 1 atom stereocenters. The van der Waals surface area contributed by atoms with Crippen LogP contribution in [0.2, 0.25) is 5.02 Å². The van der Waals surface area contributed by atoms with Gasteiger partial charge in [-0.25, -0.2) is 9.18 Å². The molecule has 188 valence electrons. The summed E-state index contributed by atoms with van der Waals surface area (Å²) in [6.07, 6.45) is -4.42. The van der Waals surface area contributed by atoms with Gasteiger partial charge in [0.1, 0.15) is 17.7 Å². The summed E-state index contributed by atoms with van der Waals surface area (Å²) in [5.41, 5.74) is -0.477. The van der Waals surface area contributed by atoms with Crippen LogP contribution in [0.25, 0.3) is 0 Å². The minimum atomic E-state index is -4.66. The fourth-order valence-corrected chi connectivity index (χ4v) is 5.07. The number of benzene rings is 1. The van der Waals surface area contributed by atoms with E-state index >= 15 is 0 Å². The van der Waals surface area contributed by atoms with Crippen LogP contribution in [0.3, 0.4) is 0 Å². The molecule has 2 amide bonds. The number of nitrogens with zero attached hydrogens (tertiary/aromatic N) is 1. The van der Waals surface area contributed by atoms with Crippen LogP contribution >= 0.6 is 11.6 Å². The Morgan fingerprint density at radius 1 is 1.32 bits per heavy atom. The van der Waals surface area contributed by atoms with Crippen molar-refractivity contribution >= 4 is 23.6 Å². The van der Waals surface area contributed by atoms with E-state index in [1.165, 1.54) is 12.1 Å². The number of carbonyl (C=O) groups is 2. The summed E-state index contributed by atoms with van der Waals surface area (Å²) in [5.74, 6) is -1.01. The summed E-state index contributed by atoms with van der Waals surface area (Å²) in [4.78, 5) is 26.4. The molecule has 3 fully saturated rings. The SMILES string of the molecule is CCC1(N2C[C@H](C3CC(OC(F)(F)F)C3)OC2=O)CC(NC(=O)COc2ccc(Cl)c(F)c2)C1. The van der Waals surface area contributed by atoms with Crippen LogP contribution in [0.15, 0.2) is 18.2 Å². The Labute approximate surface area is 198 Å². The highest BCUT2D eigenvalue weighted by molar-refractivity contribution is 6.30. The Hall–Kier alpha value is -2.27. The number of nitrogens with one attached hydrogen (secondary N) is 1. The first-order valence-corrected chi connectivity index (χ1v) is 11.5. The highest BCUT2D eigenvalue weighted by Crippen LogP contribution is 2.46. The summed E-state index contributed by atoms with van der Waals surface area (Å²) in [5, 5.41) is 2.79. The maximum atomic E-state index is 13.5. The maximum Gasteiger partial charge on any atom is 0.522 e. The minimum absolute atomic E-state index is 0.0448. The molecule has 34 heavy (non-hydrogen) atoms. The quantitative estimate of drug-likeness (QED) is 0.526. The van der Waals surface area contributed by atoms with Crippen molar-refractivity contribution in [1.29, 1.82) is 0 Å². The minimum Gasteiger partial charge on any atom is -0.484 e. The van der Waals surface area contributed by atoms with Gasteiger partial charge in [0.25, 0.3) is 5.91 Å². The molecule has 0 bridgehead atoms. The molecular weight excluding hydrogens is 484 g/mol. The van der Waals surface area contributed by atoms with Crippen LogP contribution in [-0.4, -0.2) is 60.2 Å². The van der Waals surface area contributed by atoms with E-state index in [0.29, 0.717) is 25.8 Å². The van der Waals surface area contributed by atoms with Crippen LogP contribution in [0.5, 0.6) is 5.75 Å². The molecule has 1 aliphatic heterocycles.